The van der Waals surface area contributed by atoms with Crippen LogP contribution in [0.15, 0.2) is 83.0 Å². The molecule has 0 unspecified atom stereocenters. The van der Waals surface area contributed by atoms with Crippen molar-refractivity contribution in [3.63, 3.8) is 0 Å². The van der Waals surface area contributed by atoms with Gasteiger partial charge in [-0.3, -0.25) is 9.59 Å². The summed E-state index contributed by atoms with van der Waals surface area (Å²) in [6, 6.07) is 9.88. The Morgan fingerprint density at radius 1 is 1.21 bits per heavy atom. The van der Waals surface area contributed by atoms with Crippen LogP contribution < -0.4 is 11.1 Å². The number of hydrogen-bond donors (Lipinski definition) is 2. The Hall–Kier alpha value is -3.38. The van der Waals surface area contributed by atoms with E-state index in [0.717, 1.165) is 22.3 Å². The monoisotopic (exact) mass is 405 g/mol. The number of allylic oxidation sites excluding steroid dienone is 3. The zero-order valence-corrected chi connectivity index (χ0v) is 17.3. The van der Waals surface area contributed by atoms with Crippen molar-refractivity contribution in [3.05, 3.63) is 99.7 Å². The van der Waals surface area contributed by atoms with E-state index in [1.807, 2.05) is 54.9 Å². The topological polar surface area (TPSA) is 75.4 Å². The molecule has 3 rings (SSSR count). The molecule has 0 saturated carbocycles. The number of thiophene rings is 1. The lowest BCUT2D eigenvalue weighted by Crippen LogP contribution is -2.33. The number of nitrogens with one attached hydrogen (secondary N) is 1. The molecule has 2 aromatic rings. The Labute approximate surface area is 174 Å². The van der Waals surface area contributed by atoms with Crippen molar-refractivity contribution < 1.29 is 9.59 Å². The summed E-state index contributed by atoms with van der Waals surface area (Å²) in [6.07, 6.45) is 5.08. The highest BCUT2D eigenvalue weighted by Crippen LogP contribution is 2.29. The largest absolute Gasteiger partial charge is 0.364 e. The van der Waals surface area contributed by atoms with Gasteiger partial charge in [0.2, 0.25) is 0 Å². The zero-order valence-electron chi connectivity index (χ0n) is 16.4. The third kappa shape index (κ3) is 4.55. The molecule has 0 atom stereocenters. The first-order chi connectivity index (χ1) is 13.9. The number of nitrogens with zero attached hydrogens (tertiary/aromatic N) is 1. The molecule has 0 bridgehead atoms. The second-order valence-electron chi connectivity index (χ2n) is 6.76. The fourth-order valence-corrected chi connectivity index (χ4v) is 3.75. The Morgan fingerprint density at radius 3 is 2.55 bits per heavy atom. The highest BCUT2D eigenvalue weighted by atomic mass is 32.1. The minimum Gasteiger partial charge on any atom is -0.364 e. The quantitative estimate of drug-likeness (QED) is 0.717. The van der Waals surface area contributed by atoms with Crippen LogP contribution in [0.4, 0.5) is 0 Å². The van der Waals surface area contributed by atoms with E-state index in [4.69, 9.17) is 5.73 Å². The second kappa shape index (κ2) is 8.75. The van der Waals surface area contributed by atoms with Gasteiger partial charge in [0, 0.05) is 12.7 Å². The molecule has 0 aliphatic carbocycles. The van der Waals surface area contributed by atoms with Crippen LogP contribution in [0.5, 0.6) is 0 Å². The molecule has 3 N–H and O–H groups in total. The standard InChI is InChI=1S/C23H23N3O2S/c1-15-6-8-18(9-7-15)13-25-23(28)20-5-4-11-26(17(20)3)21(22(24)27)16(2)19-10-12-29-14-19/h4-12,14H,3,13H2,1-2H3,(H2,24,27)(H,25,28)/b21-16+. The van der Waals surface area contributed by atoms with Crippen LogP contribution in [-0.4, -0.2) is 16.7 Å². The van der Waals surface area contributed by atoms with Gasteiger partial charge >= 0.3 is 0 Å². The number of nitrogens with two attached hydrogens (primary N) is 1. The predicted octanol–water partition coefficient (Wildman–Crippen LogP) is 3.86. The Balaban J connectivity index is 1.80. The first-order valence-corrected chi connectivity index (χ1v) is 10.1. The average molecular weight is 406 g/mol. The summed E-state index contributed by atoms with van der Waals surface area (Å²) < 4.78 is 0. The van der Waals surface area contributed by atoms with Gasteiger partial charge in [0.15, 0.2) is 0 Å². The van der Waals surface area contributed by atoms with E-state index in [1.165, 1.54) is 11.3 Å². The number of benzene rings is 1. The van der Waals surface area contributed by atoms with Crippen molar-refractivity contribution in [2.45, 2.75) is 20.4 Å². The molecule has 1 aliphatic heterocycles. The van der Waals surface area contributed by atoms with Crippen LogP contribution >= 0.6 is 11.3 Å². The maximum absolute atomic E-state index is 12.8. The molecule has 148 valence electrons. The van der Waals surface area contributed by atoms with E-state index < -0.39 is 5.91 Å². The molecule has 0 fully saturated rings. The molecule has 2 heterocycles. The summed E-state index contributed by atoms with van der Waals surface area (Å²) in [4.78, 5) is 26.6. The number of rotatable bonds is 6. The number of carbonyl (C=O) groups excluding carboxylic acids is 2. The maximum Gasteiger partial charge on any atom is 0.265 e. The van der Waals surface area contributed by atoms with E-state index in [-0.39, 0.29) is 5.91 Å². The van der Waals surface area contributed by atoms with Gasteiger partial charge in [-0.15, -0.1) is 0 Å². The molecule has 1 aromatic heterocycles. The van der Waals surface area contributed by atoms with Gasteiger partial charge in [-0.25, -0.2) is 0 Å². The third-order valence-corrected chi connectivity index (χ3v) is 5.38. The van der Waals surface area contributed by atoms with Crippen molar-refractivity contribution in [1.29, 1.82) is 0 Å². The van der Waals surface area contributed by atoms with Gasteiger partial charge in [0.05, 0.1) is 11.3 Å². The molecular formula is C23H23N3O2S. The first-order valence-electron chi connectivity index (χ1n) is 9.12. The van der Waals surface area contributed by atoms with Crippen LogP contribution in [0.2, 0.25) is 0 Å². The van der Waals surface area contributed by atoms with E-state index in [0.29, 0.717) is 23.5 Å². The average Bonchev–Trinajstić information content (AvgIpc) is 3.23. The summed E-state index contributed by atoms with van der Waals surface area (Å²) in [5, 5.41) is 6.78. The molecule has 5 nitrogen and oxygen atoms in total. The summed E-state index contributed by atoms with van der Waals surface area (Å²) >= 11 is 1.53. The lowest BCUT2D eigenvalue weighted by molar-refractivity contribution is -0.118. The van der Waals surface area contributed by atoms with Gasteiger partial charge in [-0.05, 0) is 59.5 Å². The molecule has 0 spiro atoms. The fourth-order valence-electron chi connectivity index (χ4n) is 3.04. The van der Waals surface area contributed by atoms with Gasteiger partial charge in [0.25, 0.3) is 11.8 Å². The maximum atomic E-state index is 12.8. The van der Waals surface area contributed by atoms with Crippen molar-refractivity contribution in [1.82, 2.24) is 10.2 Å². The summed E-state index contributed by atoms with van der Waals surface area (Å²) in [5.74, 6) is -0.845. The first kappa shape index (κ1) is 20.4. The van der Waals surface area contributed by atoms with Crippen molar-refractivity contribution in [2.75, 3.05) is 0 Å². The van der Waals surface area contributed by atoms with E-state index in [1.54, 1.807) is 23.3 Å². The number of hydrogen-bond acceptors (Lipinski definition) is 4. The number of carbonyl (C=O) groups is 2. The normalized spacial score (nSPS) is 14.3. The van der Waals surface area contributed by atoms with Gasteiger partial charge in [0.1, 0.15) is 5.70 Å². The van der Waals surface area contributed by atoms with Crippen LogP contribution in [-0.2, 0) is 16.1 Å². The van der Waals surface area contributed by atoms with Gasteiger partial charge in [-0.2, -0.15) is 11.3 Å². The Kier molecular flexibility index (Phi) is 6.14. The van der Waals surface area contributed by atoms with Gasteiger partial charge in [-0.1, -0.05) is 36.4 Å². The Morgan fingerprint density at radius 2 is 1.93 bits per heavy atom. The fraction of sp³-hybridized carbons (Fsp3) is 0.130. The molecule has 0 saturated heterocycles. The molecule has 29 heavy (non-hydrogen) atoms. The van der Waals surface area contributed by atoms with Gasteiger partial charge < -0.3 is 16.0 Å². The minimum atomic E-state index is -0.583. The number of amides is 2. The predicted molar refractivity (Wildman–Crippen MR) is 117 cm³/mol. The highest BCUT2D eigenvalue weighted by molar-refractivity contribution is 7.08. The summed E-state index contributed by atoms with van der Waals surface area (Å²) in [7, 11) is 0. The number of primary amides is 1. The van der Waals surface area contributed by atoms with Crippen molar-refractivity contribution in [3.8, 4) is 0 Å². The number of aryl methyl sites for hydroxylation is 1. The zero-order chi connectivity index (χ0) is 21.0. The highest BCUT2D eigenvalue weighted by Gasteiger charge is 2.26. The van der Waals surface area contributed by atoms with E-state index in [9.17, 15) is 9.59 Å². The van der Waals surface area contributed by atoms with Crippen molar-refractivity contribution in [2.24, 2.45) is 5.73 Å². The minimum absolute atomic E-state index is 0.262. The molecular weight excluding hydrogens is 382 g/mol. The van der Waals surface area contributed by atoms with E-state index >= 15 is 0 Å². The van der Waals surface area contributed by atoms with Crippen LogP contribution in [0.25, 0.3) is 5.57 Å². The molecule has 0 radical (unpaired) electrons. The summed E-state index contributed by atoms with van der Waals surface area (Å²) in [5.41, 5.74) is 10.6. The SMILES string of the molecule is C=C1C(C(=O)NCc2ccc(C)cc2)=CC=CN1/C(C(N)=O)=C(\C)c1ccsc1. The molecule has 2 amide bonds. The second-order valence-corrected chi connectivity index (χ2v) is 7.54. The van der Waals surface area contributed by atoms with Crippen LogP contribution in [0, 0.1) is 6.92 Å². The molecule has 1 aromatic carbocycles. The summed E-state index contributed by atoms with van der Waals surface area (Å²) in [6.45, 7) is 8.29. The van der Waals surface area contributed by atoms with Crippen LogP contribution in [0.1, 0.15) is 23.6 Å². The lowest BCUT2D eigenvalue weighted by Gasteiger charge is -2.28. The van der Waals surface area contributed by atoms with Crippen LogP contribution in [0.3, 0.4) is 0 Å². The van der Waals surface area contributed by atoms with Crippen molar-refractivity contribution >= 4 is 28.7 Å². The molecule has 1 aliphatic rings. The molecule has 6 heteroatoms. The lowest BCUT2D eigenvalue weighted by atomic mass is 10.0. The van der Waals surface area contributed by atoms with E-state index in [2.05, 4.69) is 11.9 Å². The smallest absolute Gasteiger partial charge is 0.265 e. The third-order valence-electron chi connectivity index (χ3n) is 4.70. The Bertz CT molecular complexity index is 1030.